The third-order valence-corrected chi connectivity index (χ3v) is 5.02. The van der Waals surface area contributed by atoms with E-state index in [1.165, 1.54) is 17.5 Å². The number of hydrogen-bond donors (Lipinski definition) is 1. The van der Waals surface area contributed by atoms with Crippen LogP contribution in [-0.4, -0.2) is 27.4 Å². The zero-order valence-corrected chi connectivity index (χ0v) is 14.3. The predicted molar refractivity (Wildman–Crippen MR) is 85.5 cm³/mol. The Hall–Kier alpha value is -0.580. The lowest BCUT2D eigenvalue weighted by atomic mass is 9.85. The van der Waals surface area contributed by atoms with Gasteiger partial charge in [-0.15, -0.1) is 0 Å². The molecular weight excluding hydrogens is 318 g/mol. The van der Waals surface area contributed by atoms with Crippen LogP contribution in [0.5, 0.6) is 5.75 Å². The van der Waals surface area contributed by atoms with Gasteiger partial charge in [0.05, 0.1) is 13.7 Å². The Bertz CT molecular complexity index is 470. The lowest BCUT2D eigenvalue weighted by molar-refractivity contribution is 0.0397. The van der Waals surface area contributed by atoms with E-state index < -0.39 is 0 Å². The Morgan fingerprint density at radius 2 is 2.20 bits per heavy atom. The lowest BCUT2D eigenvalue weighted by Crippen LogP contribution is -2.32. The second kappa shape index (κ2) is 6.92. The Morgan fingerprint density at radius 1 is 1.45 bits per heavy atom. The molecule has 2 rings (SSSR count). The predicted octanol–water partition coefficient (Wildman–Crippen LogP) is 3.76. The summed E-state index contributed by atoms with van der Waals surface area (Å²) in [5.41, 5.74) is 3.67. The van der Waals surface area contributed by atoms with Crippen molar-refractivity contribution in [1.29, 1.82) is 0 Å². The van der Waals surface area contributed by atoms with Crippen molar-refractivity contribution in [3.8, 4) is 5.75 Å². The number of nitrogens with one attached hydrogen (secondary N) is 1. The molecule has 1 heterocycles. The summed E-state index contributed by atoms with van der Waals surface area (Å²) in [5, 5.41) is 3.48. The Balaban J connectivity index is 2.47. The van der Waals surface area contributed by atoms with Crippen LogP contribution in [0.1, 0.15) is 35.6 Å². The molecule has 3 nitrogen and oxygen atoms in total. The van der Waals surface area contributed by atoms with Gasteiger partial charge in [0.15, 0.2) is 0 Å². The molecule has 1 saturated heterocycles. The minimum Gasteiger partial charge on any atom is -0.496 e. The number of ether oxygens (including phenoxy) is 2. The second-order valence-electron chi connectivity index (χ2n) is 5.49. The molecule has 1 fully saturated rings. The summed E-state index contributed by atoms with van der Waals surface area (Å²) in [6, 6.07) is 2.39. The lowest BCUT2D eigenvalue weighted by Gasteiger charge is -2.33. The second-order valence-corrected chi connectivity index (χ2v) is 6.35. The molecule has 1 aliphatic rings. The van der Waals surface area contributed by atoms with Crippen LogP contribution >= 0.6 is 15.9 Å². The van der Waals surface area contributed by atoms with Gasteiger partial charge in [0, 0.05) is 28.6 Å². The summed E-state index contributed by atoms with van der Waals surface area (Å²) in [6.45, 7) is 5.95. The van der Waals surface area contributed by atoms with Crippen molar-refractivity contribution < 1.29 is 9.47 Å². The van der Waals surface area contributed by atoms with Crippen molar-refractivity contribution in [2.24, 2.45) is 5.92 Å². The van der Waals surface area contributed by atoms with Crippen molar-refractivity contribution in [3.63, 3.8) is 0 Å². The number of hydrogen-bond acceptors (Lipinski definition) is 3. The van der Waals surface area contributed by atoms with Gasteiger partial charge in [-0.05, 0) is 50.9 Å². The molecule has 0 bridgehead atoms. The van der Waals surface area contributed by atoms with Crippen molar-refractivity contribution in [1.82, 2.24) is 5.32 Å². The average molecular weight is 342 g/mol. The standard InChI is InChI=1S/C16H24BrNO2/c1-10-8-13(17)11(2)14(16(10)19-4)15(18-3)12-6-5-7-20-9-12/h8,12,15,18H,5-7,9H2,1-4H3. The summed E-state index contributed by atoms with van der Waals surface area (Å²) in [6.07, 6.45) is 2.33. The topological polar surface area (TPSA) is 30.5 Å². The van der Waals surface area contributed by atoms with Gasteiger partial charge < -0.3 is 14.8 Å². The van der Waals surface area contributed by atoms with Crippen LogP contribution < -0.4 is 10.1 Å². The first-order valence-corrected chi connectivity index (χ1v) is 7.98. The molecule has 0 aromatic heterocycles. The smallest absolute Gasteiger partial charge is 0.126 e. The van der Waals surface area contributed by atoms with Crippen LogP contribution in [0.2, 0.25) is 0 Å². The van der Waals surface area contributed by atoms with Gasteiger partial charge in [-0.3, -0.25) is 0 Å². The molecule has 0 spiro atoms. The molecule has 2 unspecified atom stereocenters. The van der Waals surface area contributed by atoms with Gasteiger partial charge in [0.1, 0.15) is 5.75 Å². The van der Waals surface area contributed by atoms with Crippen molar-refractivity contribution >= 4 is 15.9 Å². The number of benzene rings is 1. The van der Waals surface area contributed by atoms with Crippen molar-refractivity contribution in [2.75, 3.05) is 27.4 Å². The van der Waals surface area contributed by atoms with E-state index in [0.29, 0.717) is 5.92 Å². The molecule has 1 aromatic carbocycles. The Kier molecular flexibility index (Phi) is 5.47. The molecule has 0 amide bonds. The molecule has 1 aromatic rings. The number of aryl methyl sites for hydroxylation is 1. The summed E-state index contributed by atoms with van der Waals surface area (Å²) in [4.78, 5) is 0. The normalized spacial score (nSPS) is 20.8. The molecular formula is C16H24BrNO2. The first-order valence-electron chi connectivity index (χ1n) is 7.18. The maximum Gasteiger partial charge on any atom is 0.126 e. The van der Waals surface area contributed by atoms with Crippen LogP contribution in [0.15, 0.2) is 10.5 Å². The van der Waals surface area contributed by atoms with E-state index in [1.807, 2.05) is 7.05 Å². The van der Waals surface area contributed by atoms with Crippen LogP contribution in [0, 0.1) is 19.8 Å². The van der Waals surface area contributed by atoms with Crippen LogP contribution in [-0.2, 0) is 4.74 Å². The highest BCUT2D eigenvalue weighted by Gasteiger charge is 2.29. The minimum absolute atomic E-state index is 0.265. The maximum atomic E-state index is 5.68. The van der Waals surface area contributed by atoms with Crippen molar-refractivity contribution in [2.45, 2.75) is 32.7 Å². The Morgan fingerprint density at radius 3 is 2.75 bits per heavy atom. The first-order chi connectivity index (χ1) is 9.60. The van der Waals surface area contributed by atoms with Gasteiger partial charge in [-0.1, -0.05) is 15.9 Å². The molecule has 4 heteroatoms. The highest BCUT2D eigenvalue weighted by Crippen LogP contribution is 2.40. The van der Waals surface area contributed by atoms with Gasteiger partial charge in [0.25, 0.3) is 0 Å². The zero-order chi connectivity index (χ0) is 14.7. The van der Waals surface area contributed by atoms with E-state index in [4.69, 9.17) is 9.47 Å². The summed E-state index contributed by atoms with van der Waals surface area (Å²) in [7, 11) is 3.78. The van der Waals surface area contributed by atoms with Gasteiger partial charge in [-0.25, -0.2) is 0 Å². The number of rotatable bonds is 4. The average Bonchev–Trinajstić information content (AvgIpc) is 2.46. The third kappa shape index (κ3) is 3.02. The van der Waals surface area contributed by atoms with E-state index in [1.54, 1.807) is 7.11 Å². The van der Waals surface area contributed by atoms with E-state index in [9.17, 15) is 0 Å². The number of methoxy groups -OCH3 is 1. The largest absolute Gasteiger partial charge is 0.496 e. The fourth-order valence-corrected chi connectivity index (χ4v) is 3.72. The van der Waals surface area contributed by atoms with E-state index in [-0.39, 0.29) is 6.04 Å². The molecule has 20 heavy (non-hydrogen) atoms. The molecule has 2 atom stereocenters. The van der Waals surface area contributed by atoms with Gasteiger partial charge in [0.2, 0.25) is 0 Å². The summed E-state index contributed by atoms with van der Waals surface area (Å²) < 4.78 is 12.5. The SMILES string of the molecule is CNC(c1c(C)c(Br)cc(C)c1OC)C1CCCOC1. The minimum atomic E-state index is 0.265. The summed E-state index contributed by atoms with van der Waals surface area (Å²) >= 11 is 3.67. The molecule has 1 N–H and O–H groups in total. The number of halogens is 1. The van der Waals surface area contributed by atoms with E-state index >= 15 is 0 Å². The maximum absolute atomic E-state index is 5.68. The molecule has 0 saturated carbocycles. The van der Waals surface area contributed by atoms with E-state index in [0.717, 1.165) is 35.4 Å². The highest BCUT2D eigenvalue weighted by molar-refractivity contribution is 9.10. The van der Waals surface area contributed by atoms with Crippen LogP contribution in [0.4, 0.5) is 0 Å². The highest BCUT2D eigenvalue weighted by atomic mass is 79.9. The first kappa shape index (κ1) is 15.8. The van der Waals surface area contributed by atoms with Crippen molar-refractivity contribution in [3.05, 3.63) is 27.2 Å². The Labute approximate surface area is 130 Å². The van der Waals surface area contributed by atoms with Gasteiger partial charge >= 0.3 is 0 Å². The fraction of sp³-hybridized carbons (Fsp3) is 0.625. The third-order valence-electron chi connectivity index (χ3n) is 4.20. The van der Waals surface area contributed by atoms with Crippen LogP contribution in [0.3, 0.4) is 0 Å². The molecule has 0 radical (unpaired) electrons. The molecule has 1 aliphatic heterocycles. The molecule has 112 valence electrons. The summed E-state index contributed by atoms with van der Waals surface area (Å²) in [5.74, 6) is 1.49. The fourth-order valence-electron chi connectivity index (χ4n) is 3.16. The molecule has 0 aliphatic carbocycles. The van der Waals surface area contributed by atoms with E-state index in [2.05, 4.69) is 41.2 Å². The quantitative estimate of drug-likeness (QED) is 0.904. The van der Waals surface area contributed by atoms with Crippen LogP contribution in [0.25, 0.3) is 0 Å². The monoisotopic (exact) mass is 341 g/mol. The van der Waals surface area contributed by atoms with Gasteiger partial charge in [-0.2, -0.15) is 0 Å². The zero-order valence-electron chi connectivity index (χ0n) is 12.8.